The van der Waals surface area contributed by atoms with Crippen LogP contribution in [0.5, 0.6) is 5.75 Å². The number of hydrogen-bond acceptors (Lipinski definition) is 3. The maximum atomic E-state index is 12.5. The number of aliphatic hydroxyl groups excluding tert-OH is 1. The molecule has 3 nitrogen and oxygen atoms in total. The predicted molar refractivity (Wildman–Crippen MR) is 143 cm³/mol. The van der Waals surface area contributed by atoms with E-state index in [1.54, 1.807) is 6.07 Å². The van der Waals surface area contributed by atoms with Crippen molar-refractivity contribution in [3.05, 3.63) is 71.3 Å². The van der Waals surface area contributed by atoms with Crippen LogP contribution >= 0.6 is 0 Å². The quantitative estimate of drug-likeness (QED) is 0.356. The average molecular weight is 463 g/mol. The summed E-state index contributed by atoms with van der Waals surface area (Å²) in [5.74, 6) is 1.58. The van der Waals surface area contributed by atoms with Crippen molar-refractivity contribution in [2.24, 2.45) is 5.92 Å². The summed E-state index contributed by atoms with van der Waals surface area (Å²) < 4.78 is 17.4. The molecule has 1 unspecified atom stereocenters. The Labute approximate surface area is 202 Å². The zero-order valence-electron chi connectivity index (χ0n) is 22.5. The van der Waals surface area contributed by atoms with Crippen molar-refractivity contribution in [1.82, 2.24) is 0 Å². The monoisotopic (exact) mass is 462 g/mol. The standard InChI is InChI=1S/C11H15FO.C10H12O.C4H10.C2H4O.C2H6/c1-3-5-10-6-4-7-11(8-10)13-9(2)12;1-7-4-5-10(9(3)11)6-8(7)2;1-4(2)3;1-2-3;1-2/h4,6-9H,3,5H2,1-2H3;4-6,11H,3H2,1-2H3;4H,1-3H3;2H,1H3;1-2H3. The number of carbonyl (C=O) groups excluding carboxylic acids is 1. The third kappa shape index (κ3) is 22.4. The molecule has 0 aromatic heterocycles. The molecule has 1 atom stereocenters. The Bertz CT molecular complexity index is 750. The molecule has 33 heavy (non-hydrogen) atoms. The van der Waals surface area contributed by atoms with Crippen LogP contribution < -0.4 is 4.74 Å². The molecule has 0 heterocycles. The van der Waals surface area contributed by atoms with E-state index in [0.29, 0.717) is 5.75 Å². The Balaban J connectivity index is -0.000000406. The first-order valence-corrected chi connectivity index (χ1v) is 11.7. The van der Waals surface area contributed by atoms with Crippen LogP contribution in [0.15, 0.2) is 49.0 Å². The Kier molecular flexibility index (Phi) is 23.9. The van der Waals surface area contributed by atoms with Crippen molar-refractivity contribution < 1.29 is 19.0 Å². The van der Waals surface area contributed by atoms with Gasteiger partial charge in [-0.2, -0.15) is 0 Å². The van der Waals surface area contributed by atoms with Gasteiger partial charge in [0.05, 0.1) is 0 Å². The van der Waals surface area contributed by atoms with Crippen LogP contribution in [0.4, 0.5) is 4.39 Å². The molecule has 0 radical (unpaired) electrons. The van der Waals surface area contributed by atoms with Gasteiger partial charge in [-0.25, -0.2) is 4.39 Å². The van der Waals surface area contributed by atoms with E-state index in [1.807, 2.05) is 64.1 Å². The van der Waals surface area contributed by atoms with Crippen molar-refractivity contribution in [3.63, 3.8) is 0 Å². The number of hydrogen-bond donors (Lipinski definition) is 1. The summed E-state index contributed by atoms with van der Waals surface area (Å²) in [5.41, 5.74) is 4.40. The summed E-state index contributed by atoms with van der Waals surface area (Å²) >= 11 is 0. The fourth-order valence-electron chi connectivity index (χ4n) is 2.17. The summed E-state index contributed by atoms with van der Waals surface area (Å²) in [5, 5.41) is 9.04. The minimum Gasteiger partial charge on any atom is -0.508 e. The molecule has 2 aromatic rings. The molecule has 2 rings (SSSR count). The van der Waals surface area contributed by atoms with Crippen LogP contribution in [-0.2, 0) is 11.2 Å². The highest BCUT2D eigenvalue weighted by molar-refractivity contribution is 5.57. The lowest BCUT2D eigenvalue weighted by atomic mass is 10.1. The third-order valence-electron chi connectivity index (χ3n) is 3.58. The van der Waals surface area contributed by atoms with E-state index in [2.05, 4.69) is 34.3 Å². The second-order valence-electron chi connectivity index (χ2n) is 7.77. The molecule has 1 N–H and O–H groups in total. The van der Waals surface area contributed by atoms with E-state index in [1.165, 1.54) is 30.5 Å². The van der Waals surface area contributed by atoms with Crippen molar-refractivity contribution in [1.29, 1.82) is 0 Å². The minimum atomic E-state index is -1.24. The number of aliphatic hydroxyl groups is 1. The number of halogens is 1. The lowest BCUT2D eigenvalue weighted by Gasteiger charge is -2.07. The Morgan fingerprint density at radius 2 is 1.58 bits per heavy atom. The smallest absolute Gasteiger partial charge is 0.235 e. The molecule has 0 amide bonds. The average Bonchev–Trinajstić information content (AvgIpc) is 2.72. The summed E-state index contributed by atoms with van der Waals surface area (Å²) in [7, 11) is 0. The van der Waals surface area contributed by atoms with Crippen LogP contribution in [0, 0.1) is 19.8 Å². The Morgan fingerprint density at radius 3 is 1.97 bits per heavy atom. The van der Waals surface area contributed by atoms with E-state index in [4.69, 9.17) is 14.6 Å². The normalized spacial score (nSPS) is 9.82. The van der Waals surface area contributed by atoms with Gasteiger partial charge < -0.3 is 14.6 Å². The molecule has 188 valence electrons. The first-order chi connectivity index (χ1) is 15.5. The number of carbonyl (C=O) groups is 1. The summed E-state index contributed by atoms with van der Waals surface area (Å²) in [4.78, 5) is 8.81. The first kappa shape index (κ1) is 35.0. The van der Waals surface area contributed by atoms with Gasteiger partial charge in [-0.15, -0.1) is 0 Å². The Hall–Kier alpha value is -2.62. The van der Waals surface area contributed by atoms with Crippen molar-refractivity contribution in [2.45, 2.75) is 88.4 Å². The maximum absolute atomic E-state index is 12.5. The van der Waals surface area contributed by atoms with E-state index in [-0.39, 0.29) is 5.76 Å². The van der Waals surface area contributed by atoms with E-state index in [9.17, 15) is 4.39 Å². The van der Waals surface area contributed by atoms with Crippen LogP contribution in [0.1, 0.15) is 84.1 Å². The van der Waals surface area contributed by atoms with Crippen molar-refractivity contribution >= 4 is 12.0 Å². The molecular weight excluding hydrogens is 415 g/mol. The first-order valence-electron chi connectivity index (χ1n) is 11.7. The fraction of sp³-hybridized carbons (Fsp3) is 0.483. The Morgan fingerprint density at radius 1 is 1.06 bits per heavy atom. The number of alkyl halides is 1. The predicted octanol–water partition coefficient (Wildman–Crippen LogP) is 9.06. The molecule has 4 heteroatoms. The van der Waals surface area contributed by atoms with Gasteiger partial charge in [0.2, 0.25) is 6.36 Å². The highest BCUT2D eigenvalue weighted by Gasteiger charge is 2.00. The zero-order valence-corrected chi connectivity index (χ0v) is 22.5. The number of aldehydes is 1. The zero-order chi connectivity index (χ0) is 26.4. The summed E-state index contributed by atoms with van der Waals surface area (Å²) in [6, 6.07) is 13.4. The van der Waals surface area contributed by atoms with Gasteiger partial charge in [-0.3, -0.25) is 0 Å². The SMILES string of the molecule is C=C(O)c1ccc(C)c(C)c1.CC.CC(C)C.CC=O.CCCc1cccc(OC(C)F)c1. The van der Waals surface area contributed by atoms with Gasteiger partial charge in [-0.05, 0) is 68.0 Å². The molecule has 0 saturated heterocycles. The molecule has 2 aromatic carbocycles. The molecular formula is C29H47FO3. The van der Waals surface area contributed by atoms with Gasteiger partial charge in [0.1, 0.15) is 17.8 Å². The van der Waals surface area contributed by atoms with Gasteiger partial charge >= 0.3 is 0 Å². The van der Waals surface area contributed by atoms with E-state index < -0.39 is 6.36 Å². The summed E-state index contributed by atoms with van der Waals surface area (Å²) in [6.45, 7) is 23.0. The largest absolute Gasteiger partial charge is 0.508 e. The number of rotatable bonds is 5. The number of benzene rings is 2. The molecule has 0 aliphatic rings. The molecule has 0 bridgehead atoms. The third-order valence-corrected chi connectivity index (χ3v) is 3.58. The molecule has 0 fully saturated rings. The van der Waals surface area contributed by atoms with E-state index in [0.717, 1.165) is 30.6 Å². The molecule has 0 spiro atoms. The van der Waals surface area contributed by atoms with Crippen molar-refractivity contribution in [3.8, 4) is 5.75 Å². The highest BCUT2D eigenvalue weighted by atomic mass is 19.1. The van der Waals surface area contributed by atoms with Gasteiger partial charge in [-0.1, -0.05) is 78.8 Å². The van der Waals surface area contributed by atoms with Gasteiger partial charge in [0.25, 0.3) is 0 Å². The fourth-order valence-corrected chi connectivity index (χ4v) is 2.17. The second kappa shape index (κ2) is 22.6. The lowest BCUT2D eigenvalue weighted by molar-refractivity contribution is -0.106. The van der Waals surface area contributed by atoms with Crippen LogP contribution in [0.3, 0.4) is 0 Å². The van der Waals surface area contributed by atoms with Gasteiger partial charge in [0, 0.05) is 12.5 Å². The molecule has 0 aliphatic carbocycles. The van der Waals surface area contributed by atoms with Crippen LogP contribution in [0.25, 0.3) is 5.76 Å². The highest BCUT2D eigenvalue weighted by Crippen LogP contribution is 2.16. The minimum absolute atomic E-state index is 0.133. The van der Waals surface area contributed by atoms with Crippen molar-refractivity contribution in [2.75, 3.05) is 0 Å². The van der Waals surface area contributed by atoms with E-state index >= 15 is 0 Å². The van der Waals surface area contributed by atoms with Gasteiger partial charge in [0.15, 0.2) is 0 Å². The summed E-state index contributed by atoms with van der Waals surface area (Å²) in [6.07, 6.45) is 1.61. The number of ether oxygens (including phenoxy) is 1. The topological polar surface area (TPSA) is 46.5 Å². The van der Waals surface area contributed by atoms with Crippen LogP contribution in [0.2, 0.25) is 0 Å². The second-order valence-corrected chi connectivity index (χ2v) is 7.77. The lowest BCUT2D eigenvalue weighted by Crippen LogP contribution is -2.03. The van der Waals surface area contributed by atoms with Crippen LogP contribution in [-0.4, -0.2) is 17.8 Å². The molecule has 0 aliphatic heterocycles. The molecule has 0 saturated carbocycles. The maximum Gasteiger partial charge on any atom is 0.235 e. The number of aryl methyl sites for hydroxylation is 3.